The lowest BCUT2D eigenvalue weighted by Gasteiger charge is -2.06. The van der Waals surface area contributed by atoms with Crippen LogP contribution in [0.1, 0.15) is 0 Å². The largest absolute Gasteiger partial charge is 0.338 e. The van der Waals surface area contributed by atoms with Crippen molar-refractivity contribution in [3.63, 3.8) is 0 Å². The van der Waals surface area contributed by atoms with Gasteiger partial charge in [0.2, 0.25) is 5.91 Å². The van der Waals surface area contributed by atoms with E-state index in [0.717, 1.165) is 22.8 Å². The first-order valence-electron chi connectivity index (χ1n) is 8.25. The van der Waals surface area contributed by atoms with Crippen molar-refractivity contribution >= 4 is 34.4 Å². The summed E-state index contributed by atoms with van der Waals surface area (Å²) in [7, 11) is 0. The predicted octanol–water partition coefficient (Wildman–Crippen LogP) is 1.73. The van der Waals surface area contributed by atoms with Crippen LogP contribution in [0, 0.1) is 0 Å². The van der Waals surface area contributed by atoms with E-state index in [2.05, 4.69) is 25.3 Å². The van der Waals surface area contributed by atoms with Crippen LogP contribution < -0.4 is 16.6 Å². The monoisotopic (exact) mass is 394 g/mol. The highest BCUT2D eigenvalue weighted by Gasteiger charge is 2.13. The van der Waals surface area contributed by atoms with Crippen molar-refractivity contribution < 1.29 is 4.79 Å². The summed E-state index contributed by atoms with van der Waals surface area (Å²) in [6.45, 7) is 0. The number of aromatic amines is 3. The molecule has 140 valence electrons. The number of pyridine rings is 1. The van der Waals surface area contributed by atoms with Crippen molar-refractivity contribution in [2.45, 2.75) is 5.03 Å². The number of H-pyrrole nitrogens is 3. The molecule has 0 saturated carbocycles. The zero-order chi connectivity index (χ0) is 19.5. The molecule has 4 rings (SSSR count). The molecule has 10 heteroatoms. The van der Waals surface area contributed by atoms with E-state index in [-0.39, 0.29) is 11.4 Å². The molecule has 0 spiro atoms. The summed E-state index contributed by atoms with van der Waals surface area (Å²) in [6.07, 6.45) is 2.80. The van der Waals surface area contributed by atoms with Gasteiger partial charge in [0.05, 0.1) is 16.8 Å². The van der Waals surface area contributed by atoms with Crippen LogP contribution in [0.5, 0.6) is 0 Å². The molecular weight excluding hydrogens is 380 g/mol. The van der Waals surface area contributed by atoms with Gasteiger partial charge in [-0.2, -0.15) is 0 Å². The molecule has 0 atom stereocenters. The van der Waals surface area contributed by atoms with E-state index < -0.39 is 17.2 Å². The molecule has 0 unspecified atom stereocenters. The molecule has 9 nitrogen and oxygen atoms in total. The number of nitrogens with one attached hydrogen (secondary N) is 4. The molecule has 0 saturated heterocycles. The number of anilines is 1. The number of carbonyl (C=O) groups is 1. The summed E-state index contributed by atoms with van der Waals surface area (Å²) in [4.78, 5) is 51.4. The van der Waals surface area contributed by atoms with E-state index in [9.17, 15) is 14.4 Å². The standard InChI is InChI=1S/C18H14N6O3S/c25-14(21-13-8-20-18(27)24-16(13)26)9-28-17-10(4-3-7-19-17)15-22-11-5-1-2-6-12(11)23-15/h1-8H,9H2,(H,21,25)(H,22,23)(H2,20,24,26,27). The van der Waals surface area contributed by atoms with E-state index in [1.54, 1.807) is 12.3 Å². The number of rotatable bonds is 5. The molecule has 1 amide bonds. The first-order chi connectivity index (χ1) is 13.6. The second-order valence-electron chi connectivity index (χ2n) is 5.78. The number of carbonyl (C=O) groups excluding carboxylic acids is 1. The Bertz CT molecular complexity index is 1240. The Kier molecular flexibility index (Phi) is 4.77. The van der Waals surface area contributed by atoms with Crippen LogP contribution in [0.4, 0.5) is 5.69 Å². The molecule has 28 heavy (non-hydrogen) atoms. The average Bonchev–Trinajstić information content (AvgIpc) is 3.13. The number of hydrogen-bond acceptors (Lipinski definition) is 6. The lowest BCUT2D eigenvalue weighted by molar-refractivity contribution is -0.113. The maximum Gasteiger partial charge on any atom is 0.325 e. The first-order valence-corrected chi connectivity index (χ1v) is 9.23. The van der Waals surface area contributed by atoms with Gasteiger partial charge in [-0.1, -0.05) is 23.9 Å². The number of nitrogens with zero attached hydrogens (tertiary/aromatic N) is 2. The van der Waals surface area contributed by atoms with E-state index in [1.807, 2.05) is 35.3 Å². The molecule has 0 radical (unpaired) electrons. The maximum atomic E-state index is 12.2. The molecule has 0 aliphatic rings. The SMILES string of the molecule is O=C(CSc1ncccc1-c1nc2ccccc2[nH]1)Nc1c[nH]c(=O)[nH]c1=O. The van der Waals surface area contributed by atoms with Crippen molar-refractivity contribution in [1.82, 2.24) is 24.9 Å². The quantitative estimate of drug-likeness (QED) is 0.381. The number of hydrogen-bond donors (Lipinski definition) is 4. The van der Waals surface area contributed by atoms with Crippen LogP contribution in [0.15, 0.2) is 63.4 Å². The molecule has 0 bridgehead atoms. The number of para-hydroxylation sites is 2. The summed E-state index contributed by atoms with van der Waals surface area (Å²) in [5.41, 5.74) is 1.20. The molecular formula is C18H14N6O3S. The zero-order valence-corrected chi connectivity index (χ0v) is 15.2. The Morgan fingerprint density at radius 1 is 1.11 bits per heavy atom. The molecule has 3 aromatic heterocycles. The average molecular weight is 394 g/mol. The van der Waals surface area contributed by atoms with Gasteiger partial charge in [-0.05, 0) is 24.3 Å². The molecule has 0 aliphatic heterocycles. The van der Waals surface area contributed by atoms with Gasteiger partial charge in [-0.3, -0.25) is 14.6 Å². The van der Waals surface area contributed by atoms with Gasteiger partial charge in [0.15, 0.2) is 0 Å². The van der Waals surface area contributed by atoms with E-state index in [0.29, 0.717) is 10.9 Å². The summed E-state index contributed by atoms with van der Waals surface area (Å²) >= 11 is 1.22. The van der Waals surface area contributed by atoms with Crippen LogP contribution in [-0.4, -0.2) is 36.6 Å². The van der Waals surface area contributed by atoms with Gasteiger partial charge in [-0.25, -0.2) is 14.8 Å². The van der Waals surface area contributed by atoms with Crippen LogP contribution in [0.2, 0.25) is 0 Å². The highest BCUT2D eigenvalue weighted by atomic mass is 32.2. The fourth-order valence-electron chi connectivity index (χ4n) is 2.59. The topological polar surface area (TPSA) is 136 Å². The lowest BCUT2D eigenvalue weighted by Crippen LogP contribution is -2.27. The van der Waals surface area contributed by atoms with Gasteiger partial charge in [-0.15, -0.1) is 0 Å². The van der Waals surface area contributed by atoms with Crippen molar-refractivity contribution in [3.8, 4) is 11.4 Å². The number of fused-ring (bicyclic) bond motifs is 1. The van der Waals surface area contributed by atoms with Crippen molar-refractivity contribution in [2.24, 2.45) is 0 Å². The number of benzene rings is 1. The minimum Gasteiger partial charge on any atom is -0.338 e. The van der Waals surface area contributed by atoms with Crippen molar-refractivity contribution in [1.29, 1.82) is 0 Å². The summed E-state index contributed by atoms with van der Waals surface area (Å²) in [6, 6.07) is 11.3. The summed E-state index contributed by atoms with van der Waals surface area (Å²) in [5.74, 6) is 0.293. The molecule has 4 aromatic rings. The number of thioether (sulfide) groups is 1. The number of amides is 1. The maximum absolute atomic E-state index is 12.2. The number of aromatic nitrogens is 5. The van der Waals surface area contributed by atoms with Gasteiger partial charge in [0.25, 0.3) is 5.56 Å². The van der Waals surface area contributed by atoms with Crippen LogP contribution in [-0.2, 0) is 4.79 Å². The third kappa shape index (κ3) is 3.71. The summed E-state index contributed by atoms with van der Waals surface area (Å²) in [5, 5.41) is 3.10. The fraction of sp³-hybridized carbons (Fsp3) is 0.0556. The third-order valence-corrected chi connectivity index (χ3v) is 4.85. The first kappa shape index (κ1) is 17.7. The third-order valence-electron chi connectivity index (χ3n) is 3.85. The Labute approximate surface area is 161 Å². The van der Waals surface area contributed by atoms with Gasteiger partial charge in [0.1, 0.15) is 16.5 Å². The van der Waals surface area contributed by atoms with Crippen LogP contribution in [0.3, 0.4) is 0 Å². The lowest BCUT2D eigenvalue weighted by atomic mass is 10.3. The van der Waals surface area contributed by atoms with Crippen LogP contribution in [0.25, 0.3) is 22.4 Å². The highest BCUT2D eigenvalue weighted by molar-refractivity contribution is 8.00. The molecule has 0 aliphatic carbocycles. The normalized spacial score (nSPS) is 10.9. The van der Waals surface area contributed by atoms with Crippen LogP contribution >= 0.6 is 11.8 Å². The fourth-order valence-corrected chi connectivity index (χ4v) is 3.38. The Morgan fingerprint density at radius 2 is 1.96 bits per heavy atom. The Morgan fingerprint density at radius 3 is 2.79 bits per heavy atom. The predicted molar refractivity (Wildman–Crippen MR) is 106 cm³/mol. The Balaban J connectivity index is 1.52. The van der Waals surface area contributed by atoms with E-state index >= 15 is 0 Å². The van der Waals surface area contributed by atoms with Gasteiger partial charge < -0.3 is 15.3 Å². The number of imidazole rings is 1. The highest BCUT2D eigenvalue weighted by Crippen LogP contribution is 2.29. The minimum absolute atomic E-state index is 0.0243. The second kappa shape index (κ2) is 7.53. The van der Waals surface area contributed by atoms with E-state index in [1.165, 1.54) is 11.8 Å². The van der Waals surface area contributed by atoms with E-state index in [4.69, 9.17) is 0 Å². The van der Waals surface area contributed by atoms with Crippen molar-refractivity contribution in [3.05, 3.63) is 69.6 Å². The summed E-state index contributed by atoms with van der Waals surface area (Å²) < 4.78 is 0. The smallest absolute Gasteiger partial charge is 0.325 e. The zero-order valence-electron chi connectivity index (χ0n) is 14.4. The second-order valence-corrected chi connectivity index (χ2v) is 6.75. The molecule has 1 aromatic carbocycles. The minimum atomic E-state index is -0.664. The van der Waals surface area contributed by atoms with Crippen molar-refractivity contribution in [2.75, 3.05) is 11.1 Å². The molecule has 4 N–H and O–H groups in total. The van der Waals surface area contributed by atoms with Gasteiger partial charge >= 0.3 is 5.69 Å². The molecule has 0 fully saturated rings. The van der Waals surface area contributed by atoms with Gasteiger partial charge in [0, 0.05) is 18.0 Å². The Hall–Kier alpha value is -3.66. The molecule has 3 heterocycles.